The molecule has 1 amide bonds. The Hall–Kier alpha value is -2.10. The fourth-order valence-corrected chi connectivity index (χ4v) is 2.43. The maximum atomic E-state index is 12.1. The minimum absolute atomic E-state index is 0.0232. The molecule has 0 N–H and O–H groups in total. The number of ether oxygens (including phenoxy) is 1. The Bertz CT molecular complexity index is 649. The number of hydrogen-bond acceptors (Lipinski definition) is 2. The molecule has 86 valence electrons. The number of hydrogen-bond donors (Lipinski definition) is 0. The highest BCUT2D eigenvalue weighted by molar-refractivity contribution is 6.24. The second-order valence-corrected chi connectivity index (χ2v) is 4.22. The Labute approximate surface area is 99.0 Å². The predicted molar refractivity (Wildman–Crippen MR) is 64.4 cm³/mol. The first-order valence-electron chi connectivity index (χ1n) is 5.42. The molecule has 3 rings (SSSR count). The van der Waals surface area contributed by atoms with Crippen molar-refractivity contribution < 1.29 is 14.1 Å². The fraction of sp³-hybridized carbons (Fsp3) is 0.231. The van der Waals surface area contributed by atoms with Crippen LogP contribution in [0, 0.1) is 0 Å². The van der Waals surface area contributed by atoms with Crippen molar-refractivity contribution in [2.24, 2.45) is 7.05 Å². The van der Waals surface area contributed by atoms with Crippen LogP contribution in [0.2, 0.25) is 0 Å². The molecule has 17 heavy (non-hydrogen) atoms. The zero-order valence-electron chi connectivity index (χ0n) is 10.0. The molecule has 0 fully saturated rings. The van der Waals surface area contributed by atoms with Crippen molar-refractivity contribution in [2.45, 2.75) is 0 Å². The van der Waals surface area contributed by atoms with E-state index in [1.165, 1.54) is 0 Å². The molecule has 2 heterocycles. The minimum atomic E-state index is 0.0232. The van der Waals surface area contributed by atoms with Crippen molar-refractivity contribution in [3.63, 3.8) is 0 Å². The number of pyridine rings is 1. The molecule has 4 heteroatoms. The maximum Gasteiger partial charge on any atom is 0.259 e. The summed E-state index contributed by atoms with van der Waals surface area (Å²) in [5.74, 6) is 0.758. The number of aromatic nitrogens is 1. The molecule has 0 bridgehead atoms. The second kappa shape index (κ2) is 3.20. The highest BCUT2D eigenvalue weighted by atomic mass is 16.5. The number of benzene rings is 1. The van der Waals surface area contributed by atoms with Crippen LogP contribution in [0.1, 0.15) is 10.4 Å². The van der Waals surface area contributed by atoms with E-state index in [0.717, 1.165) is 27.9 Å². The van der Waals surface area contributed by atoms with E-state index in [1.807, 2.05) is 36.0 Å². The van der Waals surface area contributed by atoms with E-state index < -0.39 is 0 Å². The van der Waals surface area contributed by atoms with Crippen LogP contribution in [0.25, 0.3) is 10.9 Å². The van der Waals surface area contributed by atoms with E-state index in [4.69, 9.17) is 4.74 Å². The number of carbonyl (C=O) groups is 1. The van der Waals surface area contributed by atoms with Crippen LogP contribution in [0.5, 0.6) is 5.75 Å². The molecule has 1 aromatic heterocycles. The summed E-state index contributed by atoms with van der Waals surface area (Å²) in [6.45, 7) is 0. The molecule has 0 spiro atoms. The van der Waals surface area contributed by atoms with Gasteiger partial charge in [-0.25, -0.2) is 4.57 Å². The summed E-state index contributed by atoms with van der Waals surface area (Å²) in [5.41, 5.74) is 2.65. The lowest BCUT2D eigenvalue weighted by molar-refractivity contribution is -0.644. The van der Waals surface area contributed by atoms with Gasteiger partial charge in [0.2, 0.25) is 5.52 Å². The smallest absolute Gasteiger partial charge is 0.259 e. The molecule has 1 aliphatic rings. The Kier molecular flexibility index (Phi) is 1.90. The summed E-state index contributed by atoms with van der Waals surface area (Å²) in [5, 5.41) is 0.974. The SMILES string of the molecule is COc1ccc2c3c(cc[n+]2C)C(=O)N(C)c13. The molecule has 0 saturated carbocycles. The first-order valence-corrected chi connectivity index (χ1v) is 5.42. The van der Waals surface area contributed by atoms with Gasteiger partial charge in [0, 0.05) is 19.2 Å². The van der Waals surface area contributed by atoms with Gasteiger partial charge in [0.05, 0.1) is 18.1 Å². The third-order valence-corrected chi connectivity index (χ3v) is 3.32. The Balaban J connectivity index is 2.52. The topological polar surface area (TPSA) is 33.4 Å². The number of aryl methyl sites for hydroxylation is 1. The van der Waals surface area contributed by atoms with Gasteiger partial charge in [0.25, 0.3) is 5.91 Å². The molecular formula is C13H13N2O2+. The predicted octanol–water partition coefficient (Wildman–Crippen LogP) is 1.26. The Morgan fingerprint density at radius 3 is 2.76 bits per heavy atom. The van der Waals surface area contributed by atoms with Gasteiger partial charge in [0.1, 0.15) is 18.5 Å². The highest BCUT2D eigenvalue weighted by Crippen LogP contribution is 2.41. The van der Waals surface area contributed by atoms with Gasteiger partial charge < -0.3 is 9.64 Å². The Morgan fingerprint density at radius 1 is 1.29 bits per heavy atom. The normalized spacial score (nSPS) is 13.6. The van der Waals surface area contributed by atoms with E-state index in [2.05, 4.69) is 0 Å². The van der Waals surface area contributed by atoms with E-state index >= 15 is 0 Å². The molecule has 0 radical (unpaired) electrons. The number of amides is 1. The van der Waals surface area contributed by atoms with Crippen molar-refractivity contribution in [3.8, 4) is 5.75 Å². The largest absolute Gasteiger partial charge is 0.495 e. The molecule has 0 aliphatic carbocycles. The number of nitrogens with zero attached hydrogens (tertiary/aromatic N) is 2. The monoisotopic (exact) mass is 229 g/mol. The Morgan fingerprint density at radius 2 is 2.06 bits per heavy atom. The van der Waals surface area contributed by atoms with Crippen molar-refractivity contribution in [2.75, 3.05) is 19.1 Å². The second-order valence-electron chi connectivity index (χ2n) is 4.22. The van der Waals surface area contributed by atoms with E-state index in [1.54, 1.807) is 19.1 Å². The van der Waals surface area contributed by atoms with Crippen molar-refractivity contribution in [1.29, 1.82) is 0 Å². The number of rotatable bonds is 1. The van der Waals surface area contributed by atoms with Crippen LogP contribution in [-0.4, -0.2) is 20.1 Å². The lowest BCUT2D eigenvalue weighted by Gasteiger charge is -2.13. The number of carbonyl (C=O) groups excluding carboxylic acids is 1. The van der Waals surface area contributed by atoms with E-state index in [0.29, 0.717) is 0 Å². The fourth-order valence-electron chi connectivity index (χ4n) is 2.43. The maximum absolute atomic E-state index is 12.1. The standard InChI is InChI=1S/C13H13N2O2/c1-14-7-6-8-11-9(14)4-5-10(17-3)12(11)15(2)13(8)16/h4-7H,1-3H3/q+1. The minimum Gasteiger partial charge on any atom is -0.495 e. The lowest BCUT2D eigenvalue weighted by atomic mass is 10.1. The summed E-state index contributed by atoms with van der Waals surface area (Å²) in [7, 11) is 5.37. The third kappa shape index (κ3) is 1.12. The van der Waals surface area contributed by atoms with Crippen LogP contribution in [-0.2, 0) is 7.05 Å². The molecule has 1 aromatic carbocycles. The third-order valence-electron chi connectivity index (χ3n) is 3.32. The van der Waals surface area contributed by atoms with Gasteiger partial charge in [-0.05, 0) is 6.07 Å². The summed E-state index contributed by atoms with van der Waals surface area (Å²) < 4.78 is 7.34. The van der Waals surface area contributed by atoms with E-state index in [9.17, 15) is 4.79 Å². The van der Waals surface area contributed by atoms with E-state index in [-0.39, 0.29) is 5.91 Å². The van der Waals surface area contributed by atoms with Crippen molar-refractivity contribution >= 4 is 22.5 Å². The molecule has 0 unspecified atom stereocenters. The molecule has 4 nitrogen and oxygen atoms in total. The van der Waals surface area contributed by atoms with Crippen molar-refractivity contribution in [1.82, 2.24) is 0 Å². The van der Waals surface area contributed by atoms with Gasteiger partial charge in [-0.15, -0.1) is 0 Å². The molecule has 0 atom stereocenters. The zero-order chi connectivity index (χ0) is 12.2. The first-order chi connectivity index (χ1) is 8.15. The average Bonchev–Trinajstić information content (AvgIpc) is 2.60. The van der Waals surface area contributed by atoms with Crippen LogP contribution in [0.15, 0.2) is 24.4 Å². The van der Waals surface area contributed by atoms with Gasteiger partial charge in [-0.1, -0.05) is 0 Å². The van der Waals surface area contributed by atoms with Gasteiger partial charge in [0.15, 0.2) is 6.20 Å². The lowest BCUT2D eigenvalue weighted by Crippen LogP contribution is -2.28. The molecule has 2 aromatic rings. The van der Waals surface area contributed by atoms with Gasteiger partial charge in [-0.2, -0.15) is 0 Å². The summed E-state index contributed by atoms with van der Waals surface area (Å²) in [4.78, 5) is 13.8. The summed E-state index contributed by atoms with van der Waals surface area (Å²) in [6.07, 6.45) is 1.91. The van der Waals surface area contributed by atoms with Gasteiger partial charge in [-0.3, -0.25) is 4.79 Å². The summed E-state index contributed by atoms with van der Waals surface area (Å²) in [6, 6.07) is 5.74. The zero-order valence-corrected chi connectivity index (χ0v) is 10.0. The number of anilines is 1. The molecule has 1 aliphatic heterocycles. The molecular weight excluding hydrogens is 216 g/mol. The summed E-state index contributed by atoms with van der Waals surface area (Å²) >= 11 is 0. The van der Waals surface area contributed by atoms with Crippen LogP contribution in [0.3, 0.4) is 0 Å². The van der Waals surface area contributed by atoms with Crippen LogP contribution < -0.4 is 14.2 Å². The highest BCUT2D eigenvalue weighted by Gasteiger charge is 2.33. The average molecular weight is 229 g/mol. The van der Waals surface area contributed by atoms with Crippen molar-refractivity contribution in [3.05, 3.63) is 30.0 Å². The van der Waals surface area contributed by atoms with Crippen LogP contribution >= 0.6 is 0 Å². The quantitative estimate of drug-likeness (QED) is 0.690. The van der Waals surface area contributed by atoms with Gasteiger partial charge >= 0.3 is 0 Å². The number of methoxy groups -OCH3 is 1. The first kappa shape index (κ1) is 10.1. The molecule has 0 saturated heterocycles. The van der Waals surface area contributed by atoms with Crippen LogP contribution in [0.4, 0.5) is 5.69 Å².